The van der Waals surface area contributed by atoms with Crippen LogP contribution >= 0.6 is 0 Å². The second-order valence-corrected chi connectivity index (χ2v) is 15.1. The first-order valence-electron chi connectivity index (χ1n) is 18.7. The van der Waals surface area contributed by atoms with E-state index in [1.165, 1.54) is 109 Å². The van der Waals surface area contributed by atoms with Crippen LogP contribution < -0.4 is 0 Å². The van der Waals surface area contributed by atoms with Crippen LogP contribution in [-0.2, 0) is 5.41 Å². The van der Waals surface area contributed by atoms with Gasteiger partial charge >= 0.3 is 0 Å². The Labute approximate surface area is 309 Å². The lowest BCUT2D eigenvalue weighted by Crippen LogP contribution is -2.14. The van der Waals surface area contributed by atoms with Gasteiger partial charge in [0.25, 0.3) is 0 Å². The van der Waals surface area contributed by atoms with E-state index in [0.717, 1.165) is 0 Å². The zero-order chi connectivity index (χ0) is 35.3. The molecule has 0 heteroatoms. The Balaban J connectivity index is 1.25. The highest BCUT2D eigenvalue weighted by Crippen LogP contribution is 2.56. The van der Waals surface area contributed by atoms with Gasteiger partial charge < -0.3 is 0 Å². The minimum atomic E-state index is -0.113. The Morgan fingerprint density at radius 2 is 0.736 bits per heavy atom. The number of fused-ring (bicyclic) bond motifs is 10. The average molecular weight is 673 g/mol. The molecule has 53 heavy (non-hydrogen) atoms. The third-order valence-corrected chi connectivity index (χ3v) is 12.0. The molecule has 1 aliphatic rings. The fourth-order valence-corrected chi connectivity index (χ4v) is 9.68. The maximum atomic E-state index is 2.39. The van der Waals surface area contributed by atoms with Gasteiger partial charge in [0.2, 0.25) is 0 Å². The van der Waals surface area contributed by atoms with E-state index in [2.05, 4.69) is 196 Å². The standard InChI is InChI=1S/C53H36/c1-53(2)47-29-15-28-45(52(47)51-36-19-6-3-16-33(36)30-31-48(51)53)50-43-26-13-11-24-41(43)49(42-25-12-14-27-44(42)50)40-23-10-9-22-39(40)46-32-34-17-4-5-18-35(34)37-20-7-8-21-38(37)46/h3-32H,1-2H3. The molecule has 0 N–H and O–H groups in total. The summed E-state index contributed by atoms with van der Waals surface area (Å²) < 4.78 is 0. The lowest BCUT2D eigenvalue weighted by molar-refractivity contribution is 0.661. The monoisotopic (exact) mass is 672 g/mol. The summed E-state index contributed by atoms with van der Waals surface area (Å²) in [7, 11) is 0. The fourth-order valence-electron chi connectivity index (χ4n) is 9.68. The van der Waals surface area contributed by atoms with E-state index in [0.29, 0.717) is 0 Å². The van der Waals surface area contributed by atoms with Gasteiger partial charge in [-0.3, -0.25) is 0 Å². The van der Waals surface area contributed by atoms with Crippen LogP contribution in [0.1, 0.15) is 25.0 Å². The number of hydrogen-bond donors (Lipinski definition) is 0. The maximum Gasteiger partial charge on any atom is 0.0159 e. The molecule has 0 bridgehead atoms. The van der Waals surface area contributed by atoms with Crippen molar-refractivity contribution >= 4 is 53.9 Å². The second kappa shape index (κ2) is 11.2. The molecule has 0 nitrogen and oxygen atoms in total. The molecule has 0 amide bonds. The first-order chi connectivity index (χ1) is 26.1. The minimum absolute atomic E-state index is 0.113. The van der Waals surface area contributed by atoms with Crippen LogP contribution in [0.3, 0.4) is 0 Å². The SMILES string of the molecule is CC1(C)c2cccc(-c3c4ccccc4c(-c4ccccc4-c4cc5ccccc5c5ccccc45)c4ccccc34)c2-c2c1ccc1ccccc21. The Bertz CT molecular complexity index is 3080. The van der Waals surface area contributed by atoms with Crippen molar-refractivity contribution in [2.75, 3.05) is 0 Å². The van der Waals surface area contributed by atoms with Crippen molar-refractivity contribution in [1.82, 2.24) is 0 Å². The molecule has 0 saturated carbocycles. The molecule has 0 radical (unpaired) electrons. The van der Waals surface area contributed by atoms with Gasteiger partial charge in [-0.2, -0.15) is 0 Å². The summed E-state index contributed by atoms with van der Waals surface area (Å²) in [6.07, 6.45) is 0. The van der Waals surface area contributed by atoms with Crippen molar-refractivity contribution in [3.63, 3.8) is 0 Å². The normalized spacial score (nSPS) is 13.2. The number of rotatable bonds is 3. The van der Waals surface area contributed by atoms with Gasteiger partial charge in [0.15, 0.2) is 0 Å². The van der Waals surface area contributed by atoms with Crippen LogP contribution in [0.2, 0.25) is 0 Å². The average Bonchev–Trinajstić information content (AvgIpc) is 3.46. The molecule has 0 fully saturated rings. The van der Waals surface area contributed by atoms with E-state index < -0.39 is 0 Å². The molecule has 1 aliphatic carbocycles. The molecule has 0 unspecified atom stereocenters. The number of hydrogen-bond acceptors (Lipinski definition) is 0. The molecule has 0 spiro atoms. The Morgan fingerprint density at radius 3 is 1.42 bits per heavy atom. The summed E-state index contributed by atoms with van der Waals surface area (Å²) in [4.78, 5) is 0. The predicted molar refractivity (Wildman–Crippen MR) is 228 cm³/mol. The van der Waals surface area contributed by atoms with Gasteiger partial charge in [0, 0.05) is 5.41 Å². The molecule has 0 saturated heterocycles. The van der Waals surface area contributed by atoms with Crippen LogP contribution in [0.15, 0.2) is 182 Å². The molecule has 10 aromatic rings. The molecule has 0 aromatic heterocycles. The fraction of sp³-hybridized carbons (Fsp3) is 0.0566. The quantitative estimate of drug-likeness (QED) is 0.129. The second-order valence-electron chi connectivity index (χ2n) is 15.1. The number of benzene rings is 10. The Morgan fingerprint density at radius 1 is 0.264 bits per heavy atom. The Kier molecular flexibility index (Phi) is 6.40. The van der Waals surface area contributed by atoms with Gasteiger partial charge in [0.1, 0.15) is 0 Å². The van der Waals surface area contributed by atoms with E-state index in [4.69, 9.17) is 0 Å². The lowest BCUT2D eigenvalue weighted by Gasteiger charge is -2.23. The van der Waals surface area contributed by atoms with Gasteiger partial charge in [-0.05, 0) is 116 Å². The summed E-state index contributed by atoms with van der Waals surface area (Å²) in [5.41, 5.74) is 13.1. The van der Waals surface area contributed by atoms with Crippen LogP contribution in [0.5, 0.6) is 0 Å². The zero-order valence-corrected chi connectivity index (χ0v) is 29.8. The van der Waals surface area contributed by atoms with E-state index in [-0.39, 0.29) is 5.41 Å². The van der Waals surface area contributed by atoms with Gasteiger partial charge in [-0.15, -0.1) is 0 Å². The molecule has 248 valence electrons. The first-order valence-corrected chi connectivity index (χ1v) is 18.7. The molecular formula is C53H36. The van der Waals surface area contributed by atoms with Crippen LogP contribution in [0.25, 0.3) is 98.4 Å². The van der Waals surface area contributed by atoms with E-state index >= 15 is 0 Å². The smallest absolute Gasteiger partial charge is 0.0159 e. The minimum Gasteiger partial charge on any atom is -0.0616 e. The summed E-state index contributed by atoms with van der Waals surface area (Å²) in [6.45, 7) is 4.78. The van der Waals surface area contributed by atoms with Crippen molar-refractivity contribution in [2.45, 2.75) is 19.3 Å². The Hall–Kier alpha value is -6.50. The van der Waals surface area contributed by atoms with Crippen molar-refractivity contribution in [3.05, 3.63) is 193 Å². The van der Waals surface area contributed by atoms with Gasteiger partial charge in [-0.1, -0.05) is 190 Å². The first kappa shape index (κ1) is 30.2. The maximum absolute atomic E-state index is 2.39. The summed E-state index contributed by atoms with van der Waals surface area (Å²) >= 11 is 0. The van der Waals surface area contributed by atoms with E-state index in [1.807, 2.05) is 0 Å². The highest BCUT2D eigenvalue weighted by atomic mass is 14.4. The highest BCUT2D eigenvalue weighted by molar-refractivity contribution is 6.25. The molecule has 11 rings (SSSR count). The summed E-state index contributed by atoms with van der Waals surface area (Å²) in [5, 5.41) is 12.8. The molecular weight excluding hydrogens is 637 g/mol. The highest BCUT2D eigenvalue weighted by Gasteiger charge is 2.38. The van der Waals surface area contributed by atoms with E-state index in [9.17, 15) is 0 Å². The van der Waals surface area contributed by atoms with Crippen molar-refractivity contribution in [3.8, 4) is 44.5 Å². The zero-order valence-electron chi connectivity index (χ0n) is 29.8. The largest absolute Gasteiger partial charge is 0.0616 e. The van der Waals surface area contributed by atoms with Gasteiger partial charge in [0.05, 0.1) is 0 Å². The molecule has 0 atom stereocenters. The van der Waals surface area contributed by atoms with E-state index in [1.54, 1.807) is 0 Å². The molecule has 10 aromatic carbocycles. The third kappa shape index (κ3) is 4.24. The summed E-state index contributed by atoms with van der Waals surface area (Å²) in [6, 6.07) is 67.9. The van der Waals surface area contributed by atoms with Crippen LogP contribution in [-0.4, -0.2) is 0 Å². The lowest BCUT2D eigenvalue weighted by atomic mass is 9.80. The topological polar surface area (TPSA) is 0 Å². The van der Waals surface area contributed by atoms with Crippen molar-refractivity contribution in [2.24, 2.45) is 0 Å². The third-order valence-electron chi connectivity index (χ3n) is 12.0. The molecule has 0 heterocycles. The molecule has 0 aliphatic heterocycles. The van der Waals surface area contributed by atoms with Crippen molar-refractivity contribution in [1.29, 1.82) is 0 Å². The van der Waals surface area contributed by atoms with Crippen LogP contribution in [0.4, 0.5) is 0 Å². The van der Waals surface area contributed by atoms with Crippen LogP contribution in [0, 0.1) is 0 Å². The van der Waals surface area contributed by atoms with Gasteiger partial charge in [-0.25, -0.2) is 0 Å². The van der Waals surface area contributed by atoms with Crippen molar-refractivity contribution < 1.29 is 0 Å². The summed E-state index contributed by atoms with van der Waals surface area (Å²) in [5.74, 6) is 0. The predicted octanol–water partition coefficient (Wildman–Crippen LogP) is 14.8.